The summed E-state index contributed by atoms with van der Waals surface area (Å²) in [5, 5.41) is 10.5. The topological polar surface area (TPSA) is 66.4 Å². The Hall–Kier alpha value is -1.17. The second kappa shape index (κ2) is 7.20. The van der Waals surface area contributed by atoms with Gasteiger partial charge in [-0.15, -0.1) is 22.7 Å². The van der Waals surface area contributed by atoms with Crippen molar-refractivity contribution in [3.8, 4) is 11.8 Å². The Morgan fingerprint density at radius 1 is 1.38 bits per heavy atom. The van der Waals surface area contributed by atoms with E-state index in [2.05, 4.69) is 16.6 Å². The van der Waals surface area contributed by atoms with Crippen LogP contribution >= 0.6 is 22.7 Å². The van der Waals surface area contributed by atoms with Gasteiger partial charge in [0.15, 0.2) is 0 Å². The van der Waals surface area contributed by atoms with Crippen LogP contribution < -0.4 is 4.72 Å². The Labute approximate surface area is 132 Å². The normalized spacial score (nSPS) is 11.1. The second-order valence-corrected chi connectivity index (χ2v) is 8.54. The lowest BCUT2D eigenvalue weighted by atomic mass is 10.3. The van der Waals surface area contributed by atoms with E-state index in [1.165, 1.54) is 22.7 Å². The minimum absolute atomic E-state index is 0.0457. The molecule has 0 aliphatic rings. The van der Waals surface area contributed by atoms with Crippen LogP contribution in [0.5, 0.6) is 0 Å². The van der Waals surface area contributed by atoms with Gasteiger partial charge < -0.3 is 5.11 Å². The van der Waals surface area contributed by atoms with Crippen molar-refractivity contribution < 1.29 is 13.5 Å². The third-order valence-corrected chi connectivity index (χ3v) is 6.37. The fourth-order valence-electron chi connectivity index (χ4n) is 1.55. The molecule has 2 aromatic heterocycles. The molecule has 2 rings (SSSR count). The Kier molecular flexibility index (Phi) is 5.56. The van der Waals surface area contributed by atoms with Crippen LogP contribution in [0, 0.1) is 18.8 Å². The molecular weight excluding hydrogens is 326 g/mol. The van der Waals surface area contributed by atoms with Gasteiger partial charge in [0.1, 0.15) is 4.21 Å². The molecule has 0 saturated heterocycles. The SMILES string of the molecule is Cc1ccc(S(=O)(=O)NCc2cc(C#CCCO)cs2)s1. The highest BCUT2D eigenvalue weighted by Gasteiger charge is 2.15. The maximum atomic E-state index is 12.1. The Morgan fingerprint density at radius 2 is 2.19 bits per heavy atom. The first-order valence-electron chi connectivity index (χ1n) is 6.24. The number of hydrogen-bond acceptors (Lipinski definition) is 5. The fraction of sp³-hybridized carbons (Fsp3) is 0.286. The molecule has 0 spiro atoms. The number of aliphatic hydroxyl groups excluding tert-OH is 1. The molecule has 2 heterocycles. The Bertz CT molecular complexity index is 763. The van der Waals surface area contributed by atoms with Crippen LogP contribution in [0.2, 0.25) is 0 Å². The van der Waals surface area contributed by atoms with Gasteiger partial charge in [-0.1, -0.05) is 11.8 Å². The quantitative estimate of drug-likeness (QED) is 0.820. The van der Waals surface area contributed by atoms with Crippen LogP contribution in [0.25, 0.3) is 0 Å². The van der Waals surface area contributed by atoms with E-state index in [-0.39, 0.29) is 13.2 Å². The molecule has 0 amide bonds. The predicted octanol–water partition coefficient (Wildman–Crippen LogP) is 2.33. The zero-order valence-corrected chi connectivity index (χ0v) is 13.9. The van der Waals surface area contributed by atoms with Crippen molar-refractivity contribution in [2.45, 2.75) is 24.1 Å². The number of rotatable bonds is 5. The van der Waals surface area contributed by atoms with Crippen molar-refractivity contribution in [2.75, 3.05) is 6.61 Å². The number of thiophene rings is 2. The molecule has 2 N–H and O–H groups in total. The van der Waals surface area contributed by atoms with Crippen LogP contribution in [0.4, 0.5) is 0 Å². The van der Waals surface area contributed by atoms with E-state index in [0.29, 0.717) is 10.6 Å². The maximum absolute atomic E-state index is 12.1. The van der Waals surface area contributed by atoms with Gasteiger partial charge in [-0.25, -0.2) is 13.1 Å². The summed E-state index contributed by atoms with van der Waals surface area (Å²) in [5.41, 5.74) is 0.842. The lowest BCUT2D eigenvalue weighted by Gasteiger charge is -2.02. The monoisotopic (exact) mass is 341 g/mol. The number of aryl methyl sites for hydroxylation is 1. The third-order valence-electron chi connectivity index (χ3n) is 2.54. The van der Waals surface area contributed by atoms with Gasteiger partial charge in [-0.05, 0) is 25.1 Å². The fourth-order valence-corrected chi connectivity index (χ4v) is 4.73. The Morgan fingerprint density at radius 3 is 2.86 bits per heavy atom. The van der Waals surface area contributed by atoms with Gasteiger partial charge in [0.05, 0.1) is 6.61 Å². The number of hydrogen-bond donors (Lipinski definition) is 2. The van der Waals surface area contributed by atoms with E-state index >= 15 is 0 Å². The van der Waals surface area contributed by atoms with Gasteiger partial charge in [-0.2, -0.15) is 0 Å². The molecule has 0 aliphatic heterocycles. The lowest BCUT2D eigenvalue weighted by Crippen LogP contribution is -2.21. The van der Waals surface area contributed by atoms with Crippen molar-refractivity contribution in [1.82, 2.24) is 4.72 Å². The van der Waals surface area contributed by atoms with Gasteiger partial charge in [0.2, 0.25) is 10.0 Å². The zero-order valence-electron chi connectivity index (χ0n) is 11.4. The summed E-state index contributed by atoms with van der Waals surface area (Å²) >= 11 is 2.72. The van der Waals surface area contributed by atoms with Crippen molar-refractivity contribution in [2.24, 2.45) is 0 Å². The van der Waals surface area contributed by atoms with E-state index in [1.807, 2.05) is 18.4 Å². The van der Waals surface area contributed by atoms with Crippen molar-refractivity contribution >= 4 is 32.7 Å². The highest BCUT2D eigenvalue weighted by atomic mass is 32.2. The number of sulfonamides is 1. The second-order valence-electron chi connectivity index (χ2n) is 4.27. The minimum atomic E-state index is -3.44. The molecule has 0 unspecified atom stereocenters. The molecule has 7 heteroatoms. The van der Waals surface area contributed by atoms with Gasteiger partial charge in [0.25, 0.3) is 0 Å². The lowest BCUT2D eigenvalue weighted by molar-refractivity contribution is 0.305. The van der Waals surface area contributed by atoms with E-state index in [4.69, 9.17) is 5.11 Å². The van der Waals surface area contributed by atoms with E-state index < -0.39 is 10.0 Å². The average molecular weight is 341 g/mol. The van der Waals surface area contributed by atoms with Crippen molar-refractivity contribution in [3.05, 3.63) is 38.9 Å². The summed E-state index contributed by atoms with van der Waals surface area (Å²) in [5.74, 6) is 5.76. The first-order chi connectivity index (χ1) is 10.0. The first-order valence-corrected chi connectivity index (χ1v) is 9.42. The van der Waals surface area contributed by atoms with Crippen LogP contribution in [-0.4, -0.2) is 20.1 Å². The standard InChI is InChI=1S/C14H15NO3S3/c1-11-5-6-14(20-11)21(17,18)15-9-13-8-12(10-19-13)4-2-3-7-16/h5-6,8,10,15-16H,3,7,9H2,1H3. The molecule has 0 aliphatic carbocycles. The maximum Gasteiger partial charge on any atom is 0.250 e. The largest absolute Gasteiger partial charge is 0.395 e. The van der Waals surface area contributed by atoms with Crippen molar-refractivity contribution in [1.29, 1.82) is 0 Å². The summed E-state index contributed by atoms with van der Waals surface area (Å²) in [6, 6.07) is 5.26. The highest BCUT2D eigenvalue weighted by molar-refractivity contribution is 7.91. The zero-order chi connectivity index (χ0) is 15.3. The summed E-state index contributed by atoms with van der Waals surface area (Å²) in [6.07, 6.45) is 0.440. The van der Waals surface area contributed by atoms with Crippen LogP contribution in [0.3, 0.4) is 0 Å². The molecule has 21 heavy (non-hydrogen) atoms. The third kappa shape index (κ3) is 4.66. The molecule has 0 radical (unpaired) electrons. The van der Waals surface area contributed by atoms with Gasteiger partial charge in [-0.3, -0.25) is 0 Å². The molecule has 0 bridgehead atoms. The summed E-state index contributed by atoms with van der Waals surface area (Å²) < 4.78 is 27.1. The molecular formula is C14H15NO3S3. The minimum Gasteiger partial charge on any atom is -0.395 e. The predicted molar refractivity (Wildman–Crippen MR) is 86.0 cm³/mol. The number of aliphatic hydroxyl groups is 1. The molecule has 4 nitrogen and oxygen atoms in total. The molecule has 0 fully saturated rings. The smallest absolute Gasteiger partial charge is 0.250 e. The number of nitrogens with one attached hydrogen (secondary N) is 1. The Balaban J connectivity index is 1.99. The molecule has 0 saturated carbocycles. The first kappa shape index (κ1) is 16.2. The highest BCUT2D eigenvalue weighted by Crippen LogP contribution is 2.21. The molecule has 0 aromatic carbocycles. The van der Waals surface area contributed by atoms with Crippen LogP contribution in [0.15, 0.2) is 27.8 Å². The molecule has 0 atom stereocenters. The molecule has 112 valence electrons. The van der Waals surface area contributed by atoms with Crippen LogP contribution in [-0.2, 0) is 16.6 Å². The molecule has 2 aromatic rings. The van der Waals surface area contributed by atoms with Gasteiger partial charge in [0, 0.05) is 33.7 Å². The average Bonchev–Trinajstić information content (AvgIpc) is 3.06. The van der Waals surface area contributed by atoms with Crippen molar-refractivity contribution in [3.63, 3.8) is 0 Å². The van der Waals surface area contributed by atoms with E-state index in [9.17, 15) is 8.42 Å². The van der Waals surface area contributed by atoms with Crippen LogP contribution in [0.1, 0.15) is 21.7 Å². The van der Waals surface area contributed by atoms with E-state index in [0.717, 1.165) is 15.3 Å². The van der Waals surface area contributed by atoms with E-state index in [1.54, 1.807) is 12.1 Å². The summed E-state index contributed by atoms with van der Waals surface area (Å²) in [7, 11) is -3.44. The summed E-state index contributed by atoms with van der Waals surface area (Å²) in [4.78, 5) is 1.87. The summed E-state index contributed by atoms with van der Waals surface area (Å²) in [6.45, 7) is 2.18. The van der Waals surface area contributed by atoms with Gasteiger partial charge >= 0.3 is 0 Å².